The van der Waals surface area contributed by atoms with Crippen molar-refractivity contribution in [2.24, 2.45) is 5.92 Å². The van der Waals surface area contributed by atoms with E-state index in [0.717, 1.165) is 6.20 Å². The van der Waals surface area contributed by atoms with Gasteiger partial charge in [-0.25, -0.2) is 0 Å². The molecule has 1 saturated heterocycles. The molecule has 0 aliphatic carbocycles. The highest BCUT2D eigenvalue weighted by atomic mass is 19.4. The van der Waals surface area contributed by atoms with Crippen molar-refractivity contribution in [1.82, 2.24) is 4.90 Å². The van der Waals surface area contributed by atoms with Crippen LogP contribution in [0.25, 0.3) is 0 Å². The lowest BCUT2D eigenvalue weighted by Crippen LogP contribution is -2.39. The molecule has 0 aromatic heterocycles. The number of alkyl halides is 3. The number of rotatable bonds is 3. The average Bonchev–Trinajstić information content (AvgIpc) is 2.25. The molecule has 1 fully saturated rings. The minimum Gasteiger partial charge on any atom is -0.550 e. The lowest BCUT2D eigenvalue weighted by atomic mass is 9.97. The third-order valence-electron chi connectivity index (χ3n) is 2.58. The molecule has 0 saturated carbocycles. The molecular formula is C10H11F3NO3-. The number of piperidine rings is 1. The van der Waals surface area contributed by atoms with Gasteiger partial charge in [-0.2, -0.15) is 13.2 Å². The molecule has 0 bridgehead atoms. The Morgan fingerprint density at radius 1 is 1.24 bits per heavy atom. The maximum atomic E-state index is 11.9. The summed E-state index contributed by atoms with van der Waals surface area (Å²) >= 11 is 0. The smallest absolute Gasteiger partial charge is 0.454 e. The molecule has 1 aliphatic rings. The van der Waals surface area contributed by atoms with Crippen LogP contribution in [0.15, 0.2) is 12.3 Å². The van der Waals surface area contributed by atoms with Crippen LogP contribution >= 0.6 is 0 Å². The first-order valence-electron chi connectivity index (χ1n) is 5.05. The molecule has 0 N–H and O–H groups in total. The summed E-state index contributed by atoms with van der Waals surface area (Å²) in [6, 6.07) is 0. The molecule has 0 unspecified atom stereocenters. The van der Waals surface area contributed by atoms with Crippen LogP contribution in [0.3, 0.4) is 0 Å². The second-order valence-electron chi connectivity index (χ2n) is 3.81. The fourth-order valence-corrected chi connectivity index (χ4v) is 1.55. The minimum atomic E-state index is -4.86. The number of likely N-dealkylation sites (tertiary alicyclic amines) is 1. The SMILES string of the molecule is O=C([O-])C1CCN(C=CC(=O)C(F)(F)F)CC1. The van der Waals surface area contributed by atoms with Crippen molar-refractivity contribution in [3.8, 4) is 0 Å². The van der Waals surface area contributed by atoms with Gasteiger partial charge in [-0.1, -0.05) is 0 Å². The predicted octanol–water partition coefficient (Wildman–Crippen LogP) is 0.0934. The first-order valence-corrected chi connectivity index (χ1v) is 5.05. The van der Waals surface area contributed by atoms with Gasteiger partial charge in [0.2, 0.25) is 0 Å². The van der Waals surface area contributed by atoms with E-state index >= 15 is 0 Å². The van der Waals surface area contributed by atoms with Crippen molar-refractivity contribution >= 4 is 11.8 Å². The van der Waals surface area contributed by atoms with Gasteiger partial charge in [0.1, 0.15) is 0 Å². The van der Waals surface area contributed by atoms with E-state index in [1.165, 1.54) is 4.90 Å². The maximum Gasteiger partial charge on any atom is 0.454 e. The standard InChI is InChI=1S/C10H12F3NO3/c11-10(12,13)8(15)3-6-14-4-1-7(2-5-14)9(16)17/h3,6-7H,1-2,4-5H2,(H,16,17)/p-1. The highest BCUT2D eigenvalue weighted by Gasteiger charge is 2.36. The molecular weight excluding hydrogens is 239 g/mol. The maximum absolute atomic E-state index is 11.9. The topological polar surface area (TPSA) is 60.4 Å². The van der Waals surface area contributed by atoms with Crippen LogP contribution < -0.4 is 5.11 Å². The largest absolute Gasteiger partial charge is 0.550 e. The quantitative estimate of drug-likeness (QED) is 0.666. The Bertz CT molecular complexity index is 330. The lowest BCUT2D eigenvalue weighted by molar-refractivity contribution is -0.312. The molecule has 1 heterocycles. The number of nitrogens with zero attached hydrogens (tertiary/aromatic N) is 1. The number of carboxylic acid groups (broad SMARTS) is 1. The molecule has 7 heteroatoms. The van der Waals surface area contributed by atoms with Crippen LogP contribution in [0.4, 0.5) is 13.2 Å². The molecule has 0 aromatic carbocycles. The summed E-state index contributed by atoms with van der Waals surface area (Å²) in [6.07, 6.45) is -2.72. The van der Waals surface area contributed by atoms with E-state index in [-0.39, 0.29) is 0 Å². The summed E-state index contributed by atoms with van der Waals surface area (Å²) in [4.78, 5) is 22.5. The molecule has 17 heavy (non-hydrogen) atoms. The van der Waals surface area contributed by atoms with E-state index in [9.17, 15) is 27.9 Å². The molecule has 0 radical (unpaired) electrons. The van der Waals surface area contributed by atoms with Gasteiger partial charge in [0.15, 0.2) is 0 Å². The van der Waals surface area contributed by atoms with Gasteiger partial charge in [0.05, 0.1) is 0 Å². The van der Waals surface area contributed by atoms with Crippen LogP contribution in [0.5, 0.6) is 0 Å². The molecule has 96 valence electrons. The summed E-state index contributed by atoms with van der Waals surface area (Å²) in [6.45, 7) is 0.612. The fraction of sp³-hybridized carbons (Fsp3) is 0.600. The van der Waals surface area contributed by atoms with Gasteiger partial charge in [-0.05, 0) is 12.8 Å². The number of hydrogen-bond donors (Lipinski definition) is 0. The van der Waals surface area contributed by atoms with Gasteiger partial charge in [-0.15, -0.1) is 0 Å². The van der Waals surface area contributed by atoms with Gasteiger partial charge < -0.3 is 14.8 Å². The summed E-state index contributed by atoms with van der Waals surface area (Å²) in [7, 11) is 0. The molecule has 1 aliphatic heterocycles. The zero-order valence-corrected chi connectivity index (χ0v) is 8.87. The Kier molecular flexibility index (Phi) is 4.14. The number of aliphatic carboxylic acids is 1. The van der Waals surface area contributed by atoms with E-state index in [2.05, 4.69) is 0 Å². The summed E-state index contributed by atoms with van der Waals surface area (Å²) in [5.41, 5.74) is 0. The zero-order valence-electron chi connectivity index (χ0n) is 8.87. The minimum absolute atomic E-state index is 0.306. The average molecular weight is 250 g/mol. The van der Waals surface area contributed by atoms with E-state index in [4.69, 9.17) is 0 Å². The highest BCUT2D eigenvalue weighted by molar-refractivity contribution is 5.94. The molecule has 4 nitrogen and oxygen atoms in total. The highest BCUT2D eigenvalue weighted by Crippen LogP contribution is 2.19. The number of carboxylic acids is 1. The van der Waals surface area contributed by atoms with E-state index < -0.39 is 23.8 Å². The van der Waals surface area contributed by atoms with Crippen LogP contribution in [0, 0.1) is 5.92 Å². The first kappa shape index (κ1) is 13.5. The predicted molar refractivity (Wildman–Crippen MR) is 49.5 cm³/mol. The Labute approximate surface area is 95.7 Å². The lowest BCUT2D eigenvalue weighted by Gasteiger charge is -2.31. The van der Waals surface area contributed by atoms with E-state index in [1.807, 2.05) is 0 Å². The van der Waals surface area contributed by atoms with Crippen molar-refractivity contribution in [3.05, 3.63) is 12.3 Å². The van der Waals surface area contributed by atoms with Crippen molar-refractivity contribution in [2.45, 2.75) is 19.0 Å². The second kappa shape index (κ2) is 5.20. The molecule has 0 spiro atoms. The van der Waals surface area contributed by atoms with Crippen molar-refractivity contribution < 1.29 is 27.9 Å². The summed E-state index contributed by atoms with van der Waals surface area (Å²) in [5.74, 6) is -3.61. The third-order valence-corrected chi connectivity index (χ3v) is 2.58. The van der Waals surface area contributed by atoms with Gasteiger partial charge in [0, 0.05) is 37.3 Å². The van der Waals surface area contributed by atoms with Crippen molar-refractivity contribution in [3.63, 3.8) is 0 Å². The fourth-order valence-electron chi connectivity index (χ4n) is 1.55. The van der Waals surface area contributed by atoms with Crippen LogP contribution in [-0.4, -0.2) is 35.9 Å². The monoisotopic (exact) mass is 250 g/mol. The molecule has 0 amide bonds. The van der Waals surface area contributed by atoms with Crippen molar-refractivity contribution in [2.75, 3.05) is 13.1 Å². The number of carbonyl (C=O) groups is 2. The summed E-state index contributed by atoms with van der Waals surface area (Å²) in [5, 5.41) is 10.5. The zero-order chi connectivity index (χ0) is 13.1. The third kappa shape index (κ3) is 4.08. The normalized spacial score (nSPS) is 18.6. The first-order chi connectivity index (χ1) is 7.80. The van der Waals surface area contributed by atoms with Crippen LogP contribution in [0.1, 0.15) is 12.8 Å². The van der Waals surface area contributed by atoms with E-state index in [0.29, 0.717) is 32.0 Å². The molecule has 0 atom stereocenters. The number of allylic oxidation sites excluding steroid dienone is 1. The molecule has 1 rings (SSSR count). The Balaban J connectivity index is 2.43. The van der Waals surface area contributed by atoms with Gasteiger partial charge >= 0.3 is 6.18 Å². The Morgan fingerprint density at radius 3 is 2.18 bits per heavy atom. The van der Waals surface area contributed by atoms with Gasteiger partial charge in [0.25, 0.3) is 5.78 Å². The van der Waals surface area contributed by atoms with Crippen molar-refractivity contribution in [1.29, 1.82) is 0 Å². The Hall–Kier alpha value is -1.53. The van der Waals surface area contributed by atoms with Crippen LogP contribution in [0.2, 0.25) is 0 Å². The molecule has 0 aromatic rings. The second-order valence-corrected chi connectivity index (χ2v) is 3.81. The van der Waals surface area contributed by atoms with E-state index in [1.54, 1.807) is 0 Å². The van der Waals surface area contributed by atoms with Gasteiger partial charge in [-0.3, -0.25) is 4.79 Å². The number of hydrogen-bond acceptors (Lipinski definition) is 4. The number of ketones is 1. The number of halogens is 3. The summed E-state index contributed by atoms with van der Waals surface area (Å²) < 4.78 is 35.6. The van der Waals surface area contributed by atoms with Crippen LogP contribution in [-0.2, 0) is 9.59 Å². The Morgan fingerprint density at radius 2 is 1.76 bits per heavy atom. The number of carbonyl (C=O) groups excluding carboxylic acids is 2.